The number of morpholine rings is 1. The van der Waals surface area contributed by atoms with E-state index < -0.39 is 10.0 Å². The Morgan fingerprint density at radius 2 is 1.77 bits per heavy atom. The fraction of sp³-hybridized carbons (Fsp3) is 0.263. The standard InChI is InChI=1S/C19H20BrN5O3S2/c1-13-12-17(23-19(21-13)25-8-10-28-11-9-25)22-14-2-4-15(5-3-14)24-30(26,27)18-7-6-16(20)29-18/h2-7,12,24H,8-11H2,1H3,(H,21,22,23). The summed E-state index contributed by atoms with van der Waals surface area (Å²) >= 11 is 4.45. The lowest BCUT2D eigenvalue weighted by Gasteiger charge is -2.27. The summed E-state index contributed by atoms with van der Waals surface area (Å²) in [7, 11) is -3.61. The second-order valence-electron chi connectivity index (χ2n) is 6.66. The maximum absolute atomic E-state index is 12.4. The Morgan fingerprint density at radius 1 is 1.07 bits per heavy atom. The van der Waals surface area contributed by atoms with E-state index in [-0.39, 0.29) is 4.21 Å². The van der Waals surface area contributed by atoms with Crippen LogP contribution in [0.4, 0.5) is 23.1 Å². The molecule has 3 aromatic rings. The molecule has 1 aromatic carbocycles. The first-order valence-corrected chi connectivity index (χ1v) is 12.3. The first-order valence-electron chi connectivity index (χ1n) is 9.23. The van der Waals surface area contributed by atoms with Crippen LogP contribution in [-0.2, 0) is 14.8 Å². The summed E-state index contributed by atoms with van der Waals surface area (Å²) in [5, 5.41) is 3.26. The molecule has 0 bridgehead atoms. The van der Waals surface area contributed by atoms with E-state index in [9.17, 15) is 8.42 Å². The number of benzene rings is 1. The Bertz CT molecular complexity index is 1130. The van der Waals surface area contributed by atoms with Crippen molar-refractivity contribution in [1.29, 1.82) is 0 Å². The summed E-state index contributed by atoms with van der Waals surface area (Å²) in [6.45, 7) is 4.79. The number of nitrogens with zero attached hydrogens (tertiary/aromatic N) is 3. The lowest BCUT2D eigenvalue weighted by molar-refractivity contribution is 0.122. The van der Waals surface area contributed by atoms with Crippen LogP contribution in [0.5, 0.6) is 0 Å². The Balaban J connectivity index is 1.46. The molecule has 8 nitrogen and oxygen atoms in total. The number of thiophene rings is 1. The highest BCUT2D eigenvalue weighted by molar-refractivity contribution is 9.11. The molecular formula is C19H20BrN5O3S2. The summed E-state index contributed by atoms with van der Waals surface area (Å²) in [5.74, 6) is 1.35. The minimum absolute atomic E-state index is 0.253. The first-order chi connectivity index (χ1) is 14.4. The molecule has 30 heavy (non-hydrogen) atoms. The molecule has 2 aromatic heterocycles. The second kappa shape index (κ2) is 8.88. The van der Waals surface area contributed by atoms with E-state index in [1.54, 1.807) is 36.4 Å². The number of halogens is 1. The van der Waals surface area contributed by atoms with Crippen LogP contribution in [0.25, 0.3) is 0 Å². The van der Waals surface area contributed by atoms with E-state index in [0.29, 0.717) is 30.7 Å². The molecule has 1 fully saturated rings. The smallest absolute Gasteiger partial charge is 0.271 e. The van der Waals surface area contributed by atoms with Gasteiger partial charge < -0.3 is 15.0 Å². The highest BCUT2D eigenvalue weighted by atomic mass is 79.9. The van der Waals surface area contributed by atoms with Crippen molar-refractivity contribution in [1.82, 2.24) is 9.97 Å². The fourth-order valence-electron chi connectivity index (χ4n) is 2.94. The van der Waals surface area contributed by atoms with Gasteiger partial charge in [0.2, 0.25) is 5.95 Å². The molecule has 2 N–H and O–H groups in total. The SMILES string of the molecule is Cc1cc(Nc2ccc(NS(=O)(=O)c3ccc(Br)s3)cc2)nc(N2CCOCC2)n1. The number of nitrogens with one attached hydrogen (secondary N) is 2. The van der Waals surface area contributed by atoms with Gasteiger partial charge in [-0.15, -0.1) is 11.3 Å². The summed E-state index contributed by atoms with van der Waals surface area (Å²) < 4.78 is 33.9. The van der Waals surface area contributed by atoms with E-state index in [4.69, 9.17) is 4.74 Å². The number of aromatic nitrogens is 2. The molecule has 0 atom stereocenters. The van der Waals surface area contributed by atoms with Gasteiger partial charge in [-0.05, 0) is 59.3 Å². The molecule has 1 aliphatic heterocycles. The Hall–Kier alpha value is -2.21. The maximum atomic E-state index is 12.4. The van der Waals surface area contributed by atoms with Gasteiger partial charge in [-0.1, -0.05) is 0 Å². The van der Waals surface area contributed by atoms with Crippen LogP contribution in [0.2, 0.25) is 0 Å². The fourth-order valence-corrected chi connectivity index (χ4v) is 6.01. The van der Waals surface area contributed by atoms with Gasteiger partial charge in [0.15, 0.2) is 0 Å². The van der Waals surface area contributed by atoms with Crippen LogP contribution >= 0.6 is 27.3 Å². The van der Waals surface area contributed by atoms with Crippen LogP contribution in [-0.4, -0.2) is 44.7 Å². The minimum atomic E-state index is -3.61. The number of hydrogen-bond acceptors (Lipinski definition) is 8. The summed E-state index contributed by atoms with van der Waals surface area (Å²) in [6.07, 6.45) is 0. The molecule has 0 radical (unpaired) electrons. The topological polar surface area (TPSA) is 96.5 Å². The predicted octanol–water partition coefficient (Wildman–Crippen LogP) is 3.99. The van der Waals surface area contributed by atoms with Crippen LogP contribution in [0.3, 0.4) is 0 Å². The lowest BCUT2D eigenvalue weighted by atomic mass is 10.3. The van der Waals surface area contributed by atoms with Crippen molar-refractivity contribution in [3.8, 4) is 0 Å². The Kier molecular flexibility index (Phi) is 6.23. The average molecular weight is 510 g/mol. The Morgan fingerprint density at radius 3 is 2.43 bits per heavy atom. The van der Waals surface area contributed by atoms with Gasteiger partial charge in [-0.25, -0.2) is 13.4 Å². The molecule has 0 unspecified atom stereocenters. The number of ether oxygens (including phenoxy) is 1. The average Bonchev–Trinajstić information content (AvgIpc) is 3.17. The molecule has 1 saturated heterocycles. The molecule has 1 aliphatic rings. The highest BCUT2D eigenvalue weighted by Gasteiger charge is 2.17. The molecule has 0 saturated carbocycles. The molecule has 4 rings (SSSR count). The monoisotopic (exact) mass is 509 g/mol. The van der Waals surface area contributed by atoms with E-state index >= 15 is 0 Å². The normalized spacial score (nSPS) is 14.5. The third-order valence-electron chi connectivity index (χ3n) is 4.36. The zero-order valence-corrected chi connectivity index (χ0v) is 19.3. The van der Waals surface area contributed by atoms with Crippen LogP contribution in [0.15, 0.2) is 50.5 Å². The summed E-state index contributed by atoms with van der Waals surface area (Å²) in [6, 6.07) is 12.2. The van der Waals surface area contributed by atoms with Crippen LogP contribution in [0.1, 0.15) is 5.69 Å². The zero-order valence-electron chi connectivity index (χ0n) is 16.1. The van der Waals surface area contributed by atoms with Gasteiger partial charge in [0.05, 0.1) is 17.0 Å². The van der Waals surface area contributed by atoms with Crippen molar-refractivity contribution in [2.75, 3.05) is 41.2 Å². The quantitative estimate of drug-likeness (QED) is 0.518. The van der Waals surface area contributed by atoms with Gasteiger partial charge in [-0.2, -0.15) is 4.98 Å². The third-order valence-corrected chi connectivity index (χ3v) is 7.86. The van der Waals surface area contributed by atoms with Crippen molar-refractivity contribution in [3.63, 3.8) is 0 Å². The van der Waals surface area contributed by atoms with Crippen molar-refractivity contribution >= 4 is 60.4 Å². The second-order valence-corrected chi connectivity index (χ2v) is 11.0. The predicted molar refractivity (Wildman–Crippen MR) is 122 cm³/mol. The van der Waals surface area contributed by atoms with E-state index in [2.05, 4.69) is 40.8 Å². The third kappa shape index (κ3) is 5.09. The van der Waals surface area contributed by atoms with E-state index in [1.807, 2.05) is 13.0 Å². The van der Waals surface area contributed by atoms with Crippen molar-refractivity contribution < 1.29 is 13.2 Å². The molecule has 11 heteroatoms. The van der Waals surface area contributed by atoms with E-state index in [1.165, 1.54) is 0 Å². The number of aryl methyl sites for hydroxylation is 1. The molecule has 0 spiro atoms. The number of sulfonamides is 1. The zero-order chi connectivity index (χ0) is 21.1. The van der Waals surface area contributed by atoms with Crippen LogP contribution in [0, 0.1) is 6.92 Å². The maximum Gasteiger partial charge on any atom is 0.271 e. The molecular weight excluding hydrogens is 490 g/mol. The molecule has 3 heterocycles. The number of hydrogen-bond donors (Lipinski definition) is 2. The highest BCUT2D eigenvalue weighted by Crippen LogP contribution is 2.28. The number of rotatable bonds is 6. The lowest BCUT2D eigenvalue weighted by Crippen LogP contribution is -2.37. The van der Waals surface area contributed by atoms with Crippen molar-refractivity contribution in [3.05, 3.63) is 51.9 Å². The molecule has 0 aliphatic carbocycles. The Labute approximate surface area is 187 Å². The van der Waals surface area contributed by atoms with Gasteiger partial charge in [-0.3, -0.25) is 4.72 Å². The molecule has 158 valence electrons. The largest absolute Gasteiger partial charge is 0.378 e. The summed E-state index contributed by atoms with van der Waals surface area (Å²) in [5.41, 5.74) is 2.14. The van der Waals surface area contributed by atoms with E-state index in [0.717, 1.165) is 39.6 Å². The van der Waals surface area contributed by atoms with Crippen molar-refractivity contribution in [2.24, 2.45) is 0 Å². The van der Waals surface area contributed by atoms with Gasteiger partial charge in [0.1, 0.15) is 10.0 Å². The van der Waals surface area contributed by atoms with Gasteiger partial charge in [0, 0.05) is 36.2 Å². The van der Waals surface area contributed by atoms with Crippen LogP contribution < -0.4 is 14.9 Å². The van der Waals surface area contributed by atoms with Gasteiger partial charge in [0.25, 0.3) is 10.0 Å². The molecule has 0 amide bonds. The summed E-state index contributed by atoms with van der Waals surface area (Å²) in [4.78, 5) is 11.2. The van der Waals surface area contributed by atoms with Crippen molar-refractivity contribution in [2.45, 2.75) is 11.1 Å². The minimum Gasteiger partial charge on any atom is -0.378 e. The number of anilines is 4. The first kappa shape index (κ1) is 21.0. The van der Waals surface area contributed by atoms with Gasteiger partial charge >= 0.3 is 0 Å².